The lowest BCUT2D eigenvalue weighted by atomic mass is 9.97. The Labute approximate surface area is 184 Å². The monoisotopic (exact) mass is 515 g/mol. The van der Waals surface area contributed by atoms with Gasteiger partial charge in [-0.3, -0.25) is 0 Å². The number of hydrogen-bond donors (Lipinski definition) is 1. The molecule has 0 bridgehead atoms. The van der Waals surface area contributed by atoms with E-state index in [2.05, 4.69) is 13.2 Å². The average molecular weight is 516 g/mol. The molecule has 7 nitrogen and oxygen atoms in total. The van der Waals surface area contributed by atoms with Gasteiger partial charge in [-0.2, -0.15) is 8.78 Å². The van der Waals surface area contributed by atoms with Crippen molar-refractivity contribution in [1.82, 2.24) is 13.3 Å². The summed E-state index contributed by atoms with van der Waals surface area (Å²) >= 11 is 0. The second-order valence-electron chi connectivity index (χ2n) is 7.42. The fraction of sp³-hybridized carbons (Fsp3) is 0.750. The van der Waals surface area contributed by atoms with Crippen molar-refractivity contribution in [2.24, 2.45) is 0 Å². The maximum absolute atomic E-state index is 15.8. The molecule has 0 saturated carbocycles. The number of piperazine rings is 1. The Bertz CT molecular complexity index is 874. The highest BCUT2D eigenvalue weighted by Gasteiger charge is 2.72. The van der Waals surface area contributed by atoms with Crippen LogP contribution < -0.4 is 4.13 Å². The minimum atomic E-state index is -5.38. The second kappa shape index (κ2) is 9.25. The Kier molecular flexibility index (Phi) is 8.44. The first-order chi connectivity index (χ1) is 13.8. The van der Waals surface area contributed by atoms with Gasteiger partial charge in [-0.15, -0.1) is 4.13 Å². The molecular weight excluding hydrogens is 489 g/mol. The highest BCUT2D eigenvalue weighted by atomic mass is 32.3. The molecule has 1 saturated heterocycles. The number of rotatable bonds is 10. The zero-order valence-corrected chi connectivity index (χ0v) is 19.9. The predicted molar refractivity (Wildman–Crippen MR) is 110 cm³/mol. The molecule has 0 aliphatic carbocycles. The molecule has 0 aromatic rings. The molecule has 5 unspecified atom stereocenters. The fourth-order valence-electron chi connectivity index (χ4n) is 2.55. The minimum absolute atomic E-state index is 0.00396. The van der Waals surface area contributed by atoms with E-state index >= 15 is 8.78 Å². The lowest BCUT2D eigenvalue weighted by Gasteiger charge is -2.43. The Morgan fingerprint density at radius 1 is 1.06 bits per heavy atom. The number of alkyl halides is 5. The standard InChI is InChI=1S/C16H26F5N3O4S3/c1-7-13(4,17)31(27,28)22-29(25)16(20,21)14(5,18)15(19,12(2)3)30(26)24-10-8-23(6)9-11-24/h7,22H,1-2,8-11H2,3-6H3. The number of likely N-dealkylation sites (N-methyl/N-ethyl adjacent to an activating group) is 1. The molecule has 5 atom stereocenters. The largest absolute Gasteiger partial charge is 0.372 e. The van der Waals surface area contributed by atoms with Crippen LogP contribution in [0.25, 0.3) is 0 Å². The van der Waals surface area contributed by atoms with Crippen LogP contribution in [0.3, 0.4) is 0 Å². The number of nitrogens with zero attached hydrogens (tertiary/aromatic N) is 2. The van der Waals surface area contributed by atoms with Crippen LogP contribution in [0.2, 0.25) is 0 Å². The fourth-order valence-corrected chi connectivity index (χ4v) is 6.80. The van der Waals surface area contributed by atoms with E-state index in [9.17, 15) is 30.0 Å². The van der Waals surface area contributed by atoms with Crippen molar-refractivity contribution in [1.29, 1.82) is 0 Å². The van der Waals surface area contributed by atoms with Gasteiger partial charge in [0.1, 0.15) is 11.0 Å². The van der Waals surface area contributed by atoms with Gasteiger partial charge in [0.05, 0.1) is 0 Å². The smallest absolute Gasteiger partial charge is 0.304 e. The van der Waals surface area contributed by atoms with Crippen LogP contribution >= 0.6 is 0 Å². The van der Waals surface area contributed by atoms with E-state index in [-0.39, 0.29) is 26.1 Å². The van der Waals surface area contributed by atoms with Crippen molar-refractivity contribution in [3.05, 3.63) is 24.8 Å². The summed E-state index contributed by atoms with van der Waals surface area (Å²) in [6, 6.07) is 0. The van der Waals surface area contributed by atoms with Crippen LogP contribution in [-0.4, -0.2) is 80.2 Å². The average Bonchev–Trinajstić information content (AvgIpc) is 2.66. The van der Waals surface area contributed by atoms with Crippen LogP contribution in [0.1, 0.15) is 20.8 Å². The molecule has 0 radical (unpaired) electrons. The van der Waals surface area contributed by atoms with E-state index in [1.54, 1.807) is 11.9 Å². The molecule has 1 rings (SSSR count). The van der Waals surface area contributed by atoms with Gasteiger partial charge in [0, 0.05) is 26.2 Å². The molecule has 31 heavy (non-hydrogen) atoms. The van der Waals surface area contributed by atoms with Gasteiger partial charge in [0.25, 0.3) is 15.0 Å². The summed E-state index contributed by atoms with van der Waals surface area (Å²) in [7, 11) is -10.9. The Morgan fingerprint density at radius 3 is 1.90 bits per heavy atom. The normalized spacial score (nSPS) is 24.9. The van der Waals surface area contributed by atoms with Crippen LogP contribution in [0.5, 0.6) is 0 Å². The highest BCUT2D eigenvalue weighted by Crippen LogP contribution is 2.50. The third-order valence-corrected chi connectivity index (χ3v) is 10.5. The lowest BCUT2D eigenvalue weighted by molar-refractivity contribution is -0.104. The Hall–Kier alpha value is -0.740. The molecule has 0 aromatic heterocycles. The van der Waals surface area contributed by atoms with Crippen molar-refractivity contribution >= 4 is 32.0 Å². The number of sulfonamides is 1. The molecule has 182 valence electrons. The third-order valence-electron chi connectivity index (χ3n) is 4.95. The number of halogens is 5. The second-order valence-corrected chi connectivity index (χ2v) is 12.5. The topological polar surface area (TPSA) is 86.8 Å². The molecule has 1 aliphatic rings. The van der Waals surface area contributed by atoms with Crippen molar-refractivity contribution in [3.63, 3.8) is 0 Å². The molecule has 1 aliphatic heterocycles. The predicted octanol–water partition coefficient (Wildman–Crippen LogP) is 1.92. The SMILES string of the molecule is C=CC(C)(F)S(=O)(=O)NS(=O)C(F)(F)C(C)(F)C(F)(C(=C)C)S(=O)N1CCN(C)CC1. The van der Waals surface area contributed by atoms with Gasteiger partial charge in [0.15, 0.2) is 11.0 Å². The van der Waals surface area contributed by atoms with E-state index in [4.69, 9.17) is 0 Å². The van der Waals surface area contributed by atoms with E-state index in [0.29, 0.717) is 20.0 Å². The first-order valence-corrected chi connectivity index (χ1v) is 12.6. The number of nitrogens with one attached hydrogen (secondary N) is 1. The molecule has 1 fully saturated rings. The Morgan fingerprint density at radius 2 is 1.52 bits per heavy atom. The van der Waals surface area contributed by atoms with Crippen LogP contribution in [0, 0.1) is 0 Å². The van der Waals surface area contributed by atoms with Crippen molar-refractivity contribution in [3.8, 4) is 0 Å². The number of hydrogen-bond acceptors (Lipinski definition) is 5. The summed E-state index contributed by atoms with van der Waals surface area (Å²) in [5.74, 6) is 0. The molecule has 0 spiro atoms. The van der Waals surface area contributed by atoms with Gasteiger partial charge in [-0.25, -0.2) is 34.3 Å². The van der Waals surface area contributed by atoms with Crippen LogP contribution in [0.4, 0.5) is 22.0 Å². The quantitative estimate of drug-likeness (QED) is 0.355. The molecule has 15 heteroatoms. The summed E-state index contributed by atoms with van der Waals surface area (Å²) < 4.78 is 126. The molecule has 0 amide bonds. The summed E-state index contributed by atoms with van der Waals surface area (Å²) in [4.78, 5) is 1.79. The van der Waals surface area contributed by atoms with Crippen LogP contribution in [0.15, 0.2) is 24.8 Å². The molecule has 1 N–H and O–H groups in total. The van der Waals surface area contributed by atoms with Gasteiger partial charge in [-0.05, 0) is 39.5 Å². The first kappa shape index (κ1) is 28.3. The summed E-state index contributed by atoms with van der Waals surface area (Å²) in [6.45, 7) is 7.76. The first-order valence-electron chi connectivity index (χ1n) is 8.83. The van der Waals surface area contributed by atoms with E-state index in [1.807, 2.05) is 0 Å². The minimum Gasteiger partial charge on any atom is -0.304 e. The van der Waals surface area contributed by atoms with Crippen molar-refractivity contribution in [2.75, 3.05) is 33.2 Å². The van der Waals surface area contributed by atoms with Gasteiger partial charge >= 0.3 is 5.25 Å². The highest BCUT2D eigenvalue weighted by molar-refractivity contribution is 8.03. The van der Waals surface area contributed by atoms with E-state index in [0.717, 1.165) is 15.4 Å². The zero-order valence-electron chi connectivity index (χ0n) is 17.5. The lowest BCUT2D eigenvalue weighted by Crippen LogP contribution is -2.66. The molecule has 1 heterocycles. The van der Waals surface area contributed by atoms with E-state index < -0.39 is 58.5 Å². The summed E-state index contributed by atoms with van der Waals surface area (Å²) in [5.41, 5.74) is -5.37. The maximum Gasteiger partial charge on any atom is 0.372 e. The molecule has 0 aromatic carbocycles. The van der Waals surface area contributed by atoms with E-state index in [1.165, 1.54) is 0 Å². The zero-order chi connectivity index (χ0) is 24.6. The third kappa shape index (κ3) is 4.95. The summed E-state index contributed by atoms with van der Waals surface area (Å²) in [5, 5.41) is -12.6. The van der Waals surface area contributed by atoms with Gasteiger partial charge < -0.3 is 4.90 Å². The maximum atomic E-state index is 15.8. The van der Waals surface area contributed by atoms with Crippen molar-refractivity contribution in [2.45, 2.75) is 41.7 Å². The van der Waals surface area contributed by atoms with Crippen molar-refractivity contribution < 1.29 is 38.8 Å². The van der Waals surface area contributed by atoms with Gasteiger partial charge in [-0.1, -0.05) is 13.2 Å². The van der Waals surface area contributed by atoms with Gasteiger partial charge in [0.2, 0.25) is 10.7 Å². The summed E-state index contributed by atoms with van der Waals surface area (Å²) in [6.07, 6.45) is 0.231. The Balaban J connectivity index is 3.39. The van der Waals surface area contributed by atoms with Crippen LogP contribution in [-0.2, 0) is 32.0 Å². The molecular formula is C16H26F5N3O4S3.